The maximum Gasteiger partial charge on any atom is 0.249 e. The summed E-state index contributed by atoms with van der Waals surface area (Å²) in [6.45, 7) is 9.01. The summed E-state index contributed by atoms with van der Waals surface area (Å²) in [6.07, 6.45) is 3.61. The van der Waals surface area contributed by atoms with Crippen molar-refractivity contribution in [2.75, 3.05) is 0 Å². The minimum atomic E-state index is -2.29. The smallest absolute Gasteiger partial charge is 0.249 e. The minimum Gasteiger partial charge on any atom is -1.00 e. The normalized spacial score (nSPS) is 15.0. The molecule has 8 rings (SSSR count). The number of hydrogen-bond acceptors (Lipinski definition) is 2. The monoisotopic (exact) mass is 709 g/mol. The van der Waals surface area contributed by atoms with Crippen molar-refractivity contribution in [2.24, 2.45) is 6.98 Å². The van der Waals surface area contributed by atoms with Gasteiger partial charge in [-0.3, -0.25) is 4.57 Å². The average Bonchev–Trinajstić information content (AvgIpc) is 3.57. The molecule has 7 aromatic rings. The van der Waals surface area contributed by atoms with Crippen molar-refractivity contribution in [2.45, 2.75) is 39.3 Å². The number of ether oxygens (including phenoxy) is 1. The fourth-order valence-corrected chi connectivity index (χ4v) is 9.73. The van der Waals surface area contributed by atoms with Gasteiger partial charge in [0.15, 0.2) is 11.0 Å². The largest absolute Gasteiger partial charge is 1.00 e. The molecular weight excluding hydrogens is 671 g/mol. The van der Waals surface area contributed by atoms with Crippen LogP contribution in [0, 0.1) is 0 Å². The molecule has 1 aliphatic heterocycles. The van der Waals surface area contributed by atoms with Gasteiger partial charge in [0.2, 0.25) is 6.33 Å². The van der Waals surface area contributed by atoms with Crippen molar-refractivity contribution in [3.05, 3.63) is 109 Å². The number of pyridine rings is 1. The Morgan fingerprint density at radius 3 is 2.41 bits per heavy atom. The van der Waals surface area contributed by atoms with Crippen molar-refractivity contribution in [1.82, 2.24) is 14.1 Å². The van der Waals surface area contributed by atoms with Gasteiger partial charge in [0.05, 0.1) is 22.1 Å². The van der Waals surface area contributed by atoms with Gasteiger partial charge < -0.3 is 28.7 Å². The van der Waals surface area contributed by atoms with Crippen LogP contribution in [-0.4, -0.2) is 22.2 Å². The lowest BCUT2D eigenvalue weighted by Crippen LogP contribution is -3.00. The second-order valence-electron chi connectivity index (χ2n) is 13.1. The van der Waals surface area contributed by atoms with Gasteiger partial charge in [0.25, 0.3) is 0 Å². The van der Waals surface area contributed by atoms with E-state index in [-0.39, 0.29) is 29.4 Å². The lowest BCUT2D eigenvalue weighted by atomic mass is 9.88. The van der Waals surface area contributed by atoms with Gasteiger partial charge in [-0.1, -0.05) is 70.3 Å². The number of halogens is 1. The first-order valence-electron chi connectivity index (χ1n) is 16.2. The molecular formula is C37H35IN4OSi. The summed E-state index contributed by atoms with van der Waals surface area (Å²) in [5, 5.41) is 4.76. The summed E-state index contributed by atoms with van der Waals surface area (Å²) in [5.41, 5.74) is 5.98. The van der Waals surface area contributed by atoms with E-state index in [1.807, 2.05) is 35.0 Å². The highest BCUT2D eigenvalue weighted by molar-refractivity contribution is 7.02. The molecule has 4 heterocycles. The maximum atomic E-state index is 8.20. The number of fused-ring (bicyclic) bond motifs is 5. The van der Waals surface area contributed by atoms with E-state index in [9.17, 15) is 0 Å². The van der Waals surface area contributed by atoms with Crippen LogP contribution in [-0.2, 0) is 12.4 Å². The summed E-state index contributed by atoms with van der Waals surface area (Å²) in [6, 6.07) is 31.2. The first-order chi connectivity index (χ1) is 21.8. The van der Waals surface area contributed by atoms with Crippen molar-refractivity contribution in [3.63, 3.8) is 0 Å². The SMILES string of the molecule is [2H]C([2H])([2H])[n+]1cn2c3c(cccc31)[Si](C)(C)c1ccc(Oc3ccc4c5ccccc5n(-c5cc(C(C)(C)C)ccn5)c4c3)cc1-2.[I-]. The Hall–Kier alpha value is -3.95. The van der Waals surface area contributed by atoms with Gasteiger partial charge in [0.1, 0.15) is 31.1 Å². The molecule has 0 saturated carbocycles. The van der Waals surface area contributed by atoms with E-state index in [4.69, 9.17) is 13.8 Å². The van der Waals surface area contributed by atoms with Gasteiger partial charge in [-0.25, -0.2) is 9.55 Å². The summed E-state index contributed by atoms with van der Waals surface area (Å²) < 4.78 is 36.9. The highest BCUT2D eigenvalue weighted by Crippen LogP contribution is 2.36. The van der Waals surface area contributed by atoms with Gasteiger partial charge in [-0.05, 0) is 63.8 Å². The molecule has 0 spiro atoms. The molecule has 44 heavy (non-hydrogen) atoms. The number of benzene rings is 4. The number of para-hydroxylation sites is 2. The van der Waals surface area contributed by atoms with E-state index in [0.717, 1.165) is 44.3 Å². The van der Waals surface area contributed by atoms with E-state index in [1.54, 1.807) is 6.33 Å². The molecule has 220 valence electrons. The van der Waals surface area contributed by atoms with Crippen LogP contribution in [0.2, 0.25) is 13.1 Å². The molecule has 0 N–H and O–H groups in total. The number of imidazole rings is 1. The summed E-state index contributed by atoms with van der Waals surface area (Å²) >= 11 is 0. The zero-order valence-corrected chi connectivity index (χ0v) is 28.5. The quantitative estimate of drug-likeness (QED) is 0.157. The molecule has 1 aliphatic rings. The predicted molar refractivity (Wildman–Crippen MR) is 179 cm³/mol. The molecule has 3 aromatic heterocycles. The minimum absolute atomic E-state index is 0. The standard InChI is InChI=1S/C37H35N4OSi.HI/c1-37(2,3)24-18-19-38-35(20-24)41-29-11-8-7-10-27(29)28-16-14-25(21-31(28)41)42-26-15-17-33-32(22-26)40-23-39(4)30-12-9-13-34(36(30)40)43(33,5)6;/h7-23H,1-6H3;1H/q+1;/p-1/i4D3;. The Balaban J connectivity index is 0.00000351. The lowest BCUT2D eigenvalue weighted by molar-refractivity contribution is -0.645. The number of nitrogens with zero attached hydrogens (tertiary/aromatic N) is 4. The molecule has 0 bridgehead atoms. The Morgan fingerprint density at radius 2 is 1.59 bits per heavy atom. The molecule has 0 amide bonds. The summed E-state index contributed by atoms with van der Waals surface area (Å²) in [5.74, 6) is 2.28. The third-order valence-electron chi connectivity index (χ3n) is 9.04. The maximum absolute atomic E-state index is 8.20. The number of aromatic nitrogens is 4. The van der Waals surface area contributed by atoms with Crippen molar-refractivity contribution >= 4 is 51.3 Å². The lowest BCUT2D eigenvalue weighted by Gasteiger charge is -2.29. The molecule has 7 heteroatoms. The number of aryl methyl sites for hydroxylation is 1. The highest BCUT2D eigenvalue weighted by Gasteiger charge is 2.40. The fraction of sp³-hybridized carbons (Fsp3) is 0.189. The molecule has 0 aliphatic carbocycles. The van der Waals surface area contributed by atoms with Crippen LogP contribution in [0.15, 0.2) is 104 Å². The zero-order valence-electron chi connectivity index (χ0n) is 28.4. The van der Waals surface area contributed by atoms with Crippen LogP contribution in [0.25, 0.3) is 44.3 Å². The summed E-state index contributed by atoms with van der Waals surface area (Å²) in [7, 11) is -2.12. The third-order valence-corrected chi connectivity index (χ3v) is 12.6. The van der Waals surface area contributed by atoms with E-state index < -0.39 is 15.0 Å². The number of rotatable bonds is 3. The molecule has 0 fully saturated rings. The zero-order chi connectivity index (χ0) is 32.2. The predicted octanol–water partition coefficient (Wildman–Crippen LogP) is 4.18. The van der Waals surface area contributed by atoms with Crippen LogP contribution >= 0.6 is 0 Å². The van der Waals surface area contributed by atoms with Crippen LogP contribution < -0.4 is 43.7 Å². The molecule has 0 radical (unpaired) electrons. The van der Waals surface area contributed by atoms with E-state index in [0.29, 0.717) is 11.5 Å². The highest BCUT2D eigenvalue weighted by atomic mass is 127. The van der Waals surface area contributed by atoms with E-state index >= 15 is 0 Å². The van der Waals surface area contributed by atoms with Gasteiger partial charge in [-0.15, -0.1) is 0 Å². The molecule has 0 unspecified atom stereocenters. The topological polar surface area (TPSA) is 35.9 Å². The Labute approximate surface area is 280 Å². The van der Waals surface area contributed by atoms with Gasteiger partial charge >= 0.3 is 0 Å². The van der Waals surface area contributed by atoms with E-state index in [2.05, 4.69) is 105 Å². The van der Waals surface area contributed by atoms with Gasteiger partial charge in [-0.2, -0.15) is 4.57 Å². The second-order valence-corrected chi connectivity index (χ2v) is 17.4. The second kappa shape index (κ2) is 10.0. The van der Waals surface area contributed by atoms with Crippen LogP contribution in [0.1, 0.15) is 30.4 Å². The van der Waals surface area contributed by atoms with Crippen molar-refractivity contribution in [3.8, 4) is 23.0 Å². The van der Waals surface area contributed by atoms with Crippen molar-refractivity contribution < 1.29 is 37.4 Å². The fourth-order valence-electron chi connectivity index (χ4n) is 6.75. The molecule has 4 aromatic carbocycles. The molecule has 0 saturated heterocycles. The van der Waals surface area contributed by atoms with Crippen LogP contribution in [0.4, 0.5) is 0 Å². The Bertz CT molecular complexity index is 2370. The third kappa shape index (κ3) is 4.23. The van der Waals surface area contributed by atoms with E-state index in [1.165, 1.54) is 20.5 Å². The first kappa shape index (κ1) is 25.4. The average molecular weight is 710 g/mol. The van der Waals surface area contributed by atoms with Gasteiger partial charge in [0, 0.05) is 29.1 Å². The van der Waals surface area contributed by atoms with Crippen molar-refractivity contribution in [1.29, 1.82) is 0 Å². The molecule has 0 atom stereocenters. The van der Waals surface area contributed by atoms with Crippen LogP contribution in [0.3, 0.4) is 0 Å². The Kier molecular flexibility index (Phi) is 5.79. The Morgan fingerprint density at radius 1 is 0.818 bits per heavy atom. The van der Waals surface area contributed by atoms with Crippen LogP contribution in [0.5, 0.6) is 11.5 Å². The number of hydrogen-bond donors (Lipinski definition) is 0. The summed E-state index contributed by atoms with van der Waals surface area (Å²) in [4.78, 5) is 4.81. The first-order valence-corrected chi connectivity index (χ1v) is 17.7. The molecule has 5 nitrogen and oxygen atoms in total.